The van der Waals surface area contributed by atoms with E-state index in [0.29, 0.717) is 5.54 Å². The minimum Gasteiger partial charge on any atom is -0.311 e. The number of hydrogen-bond acceptors (Lipinski definition) is 2. The third kappa shape index (κ3) is 3.74. The topological polar surface area (TPSA) is 15.3 Å². The first-order valence-electron chi connectivity index (χ1n) is 7.09. The molecule has 0 saturated carbocycles. The van der Waals surface area contributed by atoms with Crippen molar-refractivity contribution in [2.24, 2.45) is 5.92 Å². The average molecular weight is 226 g/mol. The van der Waals surface area contributed by atoms with Crippen LogP contribution >= 0.6 is 0 Å². The van der Waals surface area contributed by atoms with Crippen molar-refractivity contribution in [3.63, 3.8) is 0 Å². The highest BCUT2D eigenvalue weighted by Crippen LogP contribution is 2.21. The highest BCUT2D eigenvalue weighted by atomic mass is 15.1. The summed E-state index contributed by atoms with van der Waals surface area (Å²) in [7, 11) is 2.25. The van der Waals surface area contributed by atoms with Crippen LogP contribution < -0.4 is 5.32 Å². The lowest BCUT2D eigenvalue weighted by molar-refractivity contribution is 0.184. The second-order valence-corrected chi connectivity index (χ2v) is 5.49. The highest BCUT2D eigenvalue weighted by Gasteiger charge is 2.25. The summed E-state index contributed by atoms with van der Waals surface area (Å²) in [6.45, 7) is 10.7. The van der Waals surface area contributed by atoms with E-state index in [0.717, 1.165) is 5.92 Å². The number of hydrogen-bond donors (Lipinski definition) is 1. The Kier molecular flexibility index (Phi) is 5.77. The third-order valence-electron chi connectivity index (χ3n) is 4.52. The summed E-state index contributed by atoms with van der Waals surface area (Å²) in [6, 6.07) is 0. The van der Waals surface area contributed by atoms with Crippen LogP contribution in [0.15, 0.2) is 0 Å². The van der Waals surface area contributed by atoms with E-state index < -0.39 is 0 Å². The maximum absolute atomic E-state index is 3.85. The number of piperidine rings is 1. The molecule has 0 aromatic rings. The SMILES string of the molecule is CCC(CC)(CC)NCC1CCCN(C)C1. The summed E-state index contributed by atoms with van der Waals surface area (Å²) in [4.78, 5) is 2.47. The lowest BCUT2D eigenvalue weighted by Crippen LogP contribution is -2.48. The van der Waals surface area contributed by atoms with Crippen LogP contribution in [0.4, 0.5) is 0 Å². The van der Waals surface area contributed by atoms with E-state index in [1.165, 1.54) is 51.7 Å². The van der Waals surface area contributed by atoms with Crippen molar-refractivity contribution in [3.8, 4) is 0 Å². The molecule has 1 N–H and O–H groups in total. The van der Waals surface area contributed by atoms with Gasteiger partial charge in [-0.3, -0.25) is 0 Å². The van der Waals surface area contributed by atoms with E-state index in [2.05, 4.69) is 38.0 Å². The lowest BCUT2D eigenvalue weighted by Gasteiger charge is -2.36. The molecule has 1 fully saturated rings. The van der Waals surface area contributed by atoms with Gasteiger partial charge in [0.05, 0.1) is 0 Å². The largest absolute Gasteiger partial charge is 0.311 e. The lowest BCUT2D eigenvalue weighted by atomic mass is 9.88. The Morgan fingerprint density at radius 2 is 1.81 bits per heavy atom. The predicted octanol–water partition coefficient (Wildman–Crippen LogP) is 2.89. The molecule has 2 heteroatoms. The van der Waals surface area contributed by atoms with E-state index in [1.54, 1.807) is 0 Å². The standard InChI is InChI=1S/C14H30N2/c1-5-14(6-2,7-3)15-11-13-9-8-10-16(4)12-13/h13,15H,5-12H2,1-4H3. The summed E-state index contributed by atoms with van der Waals surface area (Å²) in [6.07, 6.45) is 6.54. The Hall–Kier alpha value is -0.0800. The van der Waals surface area contributed by atoms with Crippen LogP contribution in [-0.4, -0.2) is 37.1 Å². The van der Waals surface area contributed by atoms with Crippen LogP contribution in [0.3, 0.4) is 0 Å². The van der Waals surface area contributed by atoms with E-state index in [9.17, 15) is 0 Å². The molecular formula is C14H30N2. The van der Waals surface area contributed by atoms with Crippen molar-refractivity contribution < 1.29 is 0 Å². The van der Waals surface area contributed by atoms with Crippen molar-refractivity contribution >= 4 is 0 Å². The van der Waals surface area contributed by atoms with Gasteiger partial charge in [-0.15, -0.1) is 0 Å². The van der Waals surface area contributed by atoms with Gasteiger partial charge < -0.3 is 10.2 Å². The molecular weight excluding hydrogens is 196 g/mol. The van der Waals surface area contributed by atoms with Crippen LogP contribution in [0.5, 0.6) is 0 Å². The smallest absolute Gasteiger partial charge is 0.0173 e. The van der Waals surface area contributed by atoms with Gasteiger partial charge in [0, 0.05) is 12.1 Å². The molecule has 1 rings (SSSR count). The fourth-order valence-electron chi connectivity index (χ4n) is 2.93. The average Bonchev–Trinajstić information content (AvgIpc) is 2.32. The maximum Gasteiger partial charge on any atom is 0.0173 e. The van der Waals surface area contributed by atoms with Crippen molar-refractivity contribution in [1.82, 2.24) is 10.2 Å². The molecule has 0 aliphatic carbocycles. The van der Waals surface area contributed by atoms with Crippen LogP contribution in [0.25, 0.3) is 0 Å². The third-order valence-corrected chi connectivity index (χ3v) is 4.52. The zero-order valence-corrected chi connectivity index (χ0v) is 11.7. The van der Waals surface area contributed by atoms with Crippen molar-refractivity contribution in [3.05, 3.63) is 0 Å². The van der Waals surface area contributed by atoms with Crippen molar-refractivity contribution in [1.29, 1.82) is 0 Å². The normalized spacial score (nSPS) is 23.6. The Balaban J connectivity index is 2.36. The van der Waals surface area contributed by atoms with Gasteiger partial charge in [0.15, 0.2) is 0 Å². The Morgan fingerprint density at radius 3 is 2.31 bits per heavy atom. The van der Waals surface area contributed by atoms with Gasteiger partial charge in [-0.1, -0.05) is 20.8 Å². The van der Waals surface area contributed by atoms with Gasteiger partial charge >= 0.3 is 0 Å². The molecule has 16 heavy (non-hydrogen) atoms. The molecule has 0 spiro atoms. The molecule has 2 nitrogen and oxygen atoms in total. The molecule has 1 aliphatic heterocycles. The van der Waals surface area contributed by atoms with Crippen LogP contribution in [0.2, 0.25) is 0 Å². The highest BCUT2D eigenvalue weighted by molar-refractivity contribution is 4.85. The summed E-state index contributed by atoms with van der Waals surface area (Å²) < 4.78 is 0. The second-order valence-electron chi connectivity index (χ2n) is 5.49. The number of likely N-dealkylation sites (tertiary alicyclic amines) is 1. The monoisotopic (exact) mass is 226 g/mol. The zero-order chi connectivity index (χ0) is 12.0. The summed E-state index contributed by atoms with van der Waals surface area (Å²) in [5.41, 5.74) is 0.399. The molecule has 1 atom stereocenters. The molecule has 1 unspecified atom stereocenters. The van der Waals surface area contributed by atoms with Crippen LogP contribution in [0, 0.1) is 5.92 Å². The Morgan fingerprint density at radius 1 is 1.19 bits per heavy atom. The summed E-state index contributed by atoms with van der Waals surface area (Å²) >= 11 is 0. The molecule has 1 aliphatic rings. The molecule has 0 aromatic carbocycles. The molecule has 1 heterocycles. The predicted molar refractivity (Wildman–Crippen MR) is 71.8 cm³/mol. The quantitative estimate of drug-likeness (QED) is 0.749. The summed E-state index contributed by atoms with van der Waals surface area (Å²) in [5.74, 6) is 0.864. The minimum atomic E-state index is 0.399. The van der Waals surface area contributed by atoms with Crippen molar-refractivity contribution in [2.45, 2.75) is 58.4 Å². The van der Waals surface area contributed by atoms with Crippen molar-refractivity contribution in [2.75, 3.05) is 26.7 Å². The number of rotatable bonds is 6. The van der Waals surface area contributed by atoms with Gasteiger partial charge in [0.2, 0.25) is 0 Å². The number of nitrogens with zero attached hydrogens (tertiary/aromatic N) is 1. The fraction of sp³-hybridized carbons (Fsp3) is 1.00. The molecule has 0 aromatic heterocycles. The van der Waals surface area contributed by atoms with E-state index in [1.807, 2.05) is 0 Å². The van der Waals surface area contributed by atoms with Gasteiger partial charge in [0.1, 0.15) is 0 Å². The fourth-order valence-corrected chi connectivity index (χ4v) is 2.93. The summed E-state index contributed by atoms with van der Waals surface area (Å²) in [5, 5.41) is 3.85. The molecule has 96 valence electrons. The Bertz CT molecular complexity index is 179. The maximum atomic E-state index is 3.85. The van der Waals surface area contributed by atoms with Crippen LogP contribution in [-0.2, 0) is 0 Å². The van der Waals surface area contributed by atoms with E-state index in [4.69, 9.17) is 0 Å². The first-order valence-corrected chi connectivity index (χ1v) is 7.09. The van der Waals surface area contributed by atoms with Crippen LogP contribution in [0.1, 0.15) is 52.9 Å². The first kappa shape index (κ1) is 14.0. The zero-order valence-electron chi connectivity index (χ0n) is 11.7. The molecule has 1 saturated heterocycles. The minimum absolute atomic E-state index is 0.399. The number of nitrogens with one attached hydrogen (secondary N) is 1. The van der Waals surface area contributed by atoms with Gasteiger partial charge in [-0.25, -0.2) is 0 Å². The Labute approximate surface area is 102 Å². The van der Waals surface area contributed by atoms with Gasteiger partial charge in [-0.05, 0) is 58.2 Å². The molecule has 0 bridgehead atoms. The molecule has 0 amide bonds. The second kappa shape index (κ2) is 6.61. The van der Waals surface area contributed by atoms with E-state index in [-0.39, 0.29) is 0 Å². The van der Waals surface area contributed by atoms with Gasteiger partial charge in [-0.2, -0.15) is 0 Å². The first-order chi connectivity index (χ1) is 7.65. The molecule has 0 radical (unpaired) electrons. The van der Waals surface area contributed by atoms with Gasteiger partial charge in [0.25, 0.3) is 0 Å². The van der Waals surface area contributed by atoms with E-state index >= 15 is 0 Å².